The fourth-order valence-electron chi connectivity index (χ4n) is 11.3. The van der Waals surface area contributed by atoms with Crippen LogP contribution in [0, 0.1) is 0 Å². The van der Waals surface area contributed by atoms with Gasteiger partial charge in [0.25, 0.3) is 0 Å². The Morgan fingerprint density at radius 2 is 0.716 bits per heavy atom. The summed E-state index contributed by atoms with van der Waals surface area (Å²) in [6, 6.07) is 91.6. The molecule has 0 bridgehead atoms. The van der Waals surface area contributed by atoms with Gasteiger partial charge < -0.3 is 9.13 Å². The van der Waals surface area contributed by atoms with E-state index in [4.69, 9.17) is 4.98 Å². The molecule has 14 aromatic rings. The first-order valence-electron chi connectivity index (χ1n) is 23.0. The van der Waals surface area contributed by atoms with Crippen LogP contribution in [0.4, 0.5) is 0 Å². The summed E-state index contributed by atoms with van der Waals surface area (Å²) in [6.07, 6.45) is 0. The summed E-state index contributed by atoms with van der Waals surface area (Å²) >= 11 is 0. The zero-order valence-corrected chi connectivity index (χ0v) is 37.4. The molecular weight excluding hydrogens is 831 g/mol. The average Bonchev–Trinajstić information content (AvgIpc) is 4.14. The number of imidazole rings is 2. The lowest BCUT2D eigenvalue weighted by Crippen LogP contribution is -2.74. The van der Waals surface area contributed by atoms with Crippen LogP contribution in [0.3, 0.4) is 0 Å². The van der Waals surface area contributed by atoms with Crippen molar-refractivity contribution < 1.29 is 0 Å². The molecule has 0 radical (unpaired) electrons. The Morgan fingerprint density at radius 3 is 1.30 bits per heavy atom. The number of aromatic nitrogens is 5. The van der Waals surface area contributed by atoms with Gasteiger partial charge in [-0.2, -0.15) is 0 Å². The molecule has 67 heavy (non-hydrogen) atoms. The van der Waals surface area contributed by atoms with E-state index in [0.29, 0.717) is 0 Å². The second-order valence-electron chi connectivity index (χ2n) is 17.5. The predicted molar refractivity (Wildman–Crippen MR) is 282 cm³/mol. The van der Waals surface area contributed by atoms with Crippen molar-refractivity contribution in [2.24, 2.45) is 0 Å². The van der Waals surface area contributed by atoms with Crippen LogP contribution < -0.4 is 20.7 Å². The number of nitrogens with zero attached hydrogens (tertiary/aromatic N) is 5. The highest BCUT2D eigenvalue weighted by molar-refractivity contribution is 7.20. The quantitative estimate of drug-likeness (QED) is 0.116. The molecule has 0 fully saturated rings. The van der Waals surface area contributed by atoms with Crippen LogP contribution in [0.2, 0.25) is 0 Å². The third-order valence-corrected chi connectivity index (χ3v) is 18.8. The Balaban J connectivity index is 1.06. The van der Waals surface area contributed by atoms with E-state index >= 15 is 0 Å². The highest BCUT2D eigenvalue weighted by atomic mass is 28.3. The molecule has 314 valence electrons. The highest BCUT2D eigenvalue weighted by Gasteiger charge is 2.42. The Morgan fingerprint density at radius 1 is 0.284 bits per heavy atom. The third kappa shape index (κ3) is 5.39. The van der Waals surface area contributed by atoms with E-state index in [1.807, 2.05) is 0 Å². The standard InChI is InChI=1S/C61H41N5Si/c1-4-20-42(21-5-1)65-56-36-16-17-37-57(56)66-58-39-38-52-51-32-12-15-35-55(51)64(60(52)59(58)62-61(65)66)44-23-19-29-48(41-44)67(45-24-6-2-7-25-45,46-26-8-3-9-27-46)47-28-18-22-43(40-47)63-53-33-13-10-30-49(53)50-31-11-14-34-54(50)63/h1-41H. The van der Waals surface area contributed by atoms with Crippen LogP contribution in [0.25, 0.3) is 88.5 Å². The second kappa shape index (κ2) is 14.7. The van der Waals surface area contributed by atoms with Gasteiger partial charge in [0.1, 0.15) is 5.52 Å². The maximum Gasteiger partial charge on any atom is 0.220 e. The lowest BCUT2D eigenvalue weighted by atomic mass is 10.1. The van der Waals surface area contributed by atoms with Gasteiger partial charge in [0, 0.05) is 38.6 Å². The lowest BCUT2D eigenvalue weighted by Gasteiger charge is -2.35. The molecule has 4 heterocycles. The first-order valence-corrected chi connectivity index (χ1v) is 25.0. The molecule has 0 atom stereocenters. The molecule has 10 aromatic carbocycles. The number of hydrogen-bond donors (Lipinski definition) is 0. The van der Waals surface area contributed by atoms with Gasteiger partial charge in [0.15, 0.2) is 8.07 Å². The minimum Gasteiger partial charge on any atom is -0.309 e. The molecule has 0 aliphatic heterocycles. The predicted octanol–water partition coefficient (Wildman–Crippen LogP) is 12.0. The fraction of sp³-hybridized carbons (Fsp3) is 0. The summed E-state index contributed by atoms with van der Waals surface area (Å²) in [4.78, 5) is 5.64. The Labute approximate surface area is 387 Å². The van der Waals surface area contributed by atoms with Gasteiger partial charge in [0.05, 0.1) is 38.6 Å². The van der Waals surface area contributed by atoms with Crippen molar-refractivity contribution >= 4 is 100 Å². The first-order chi connectivity index (χ1) is 33.3. The summed E-state index contributed by atoms with van der Waals surface area (Å²) in [5.41, 5.74) is 12.3. The van der Waals surface area contributed by atoms with Crippen molar-refractivity contribution in [2.75, 3.05) is 0 Å². The number of rotatable bonds is 7. The Kier molecular flexibility index (Phi) is 8.23. The zero-order chi connectivity index (χ0) is 44.1. The fourth-order valence-corrected chi connectivity index (χ4v) is 16.2. The molecule has 4 aromatic heterocycles. The molecule has 5 nitrogen and oxygen atoms in total. The van der Waals surface area contributed by atoms with Gasteiger partial charge in [-0.15, -0.1) is 0 Å². The smallest absolute Gasteiger partial charge is 0.220 e. The topological polar surface area (TPSA) is 32.1 Å². The van der Waals surface area contributed by atoms with Crippen LogP contribution in [-0.2, 0) is 0 Å². The van der Waals surface area contributed by atoms with E-state index in [2.05, 4.69) is 267 Å². The molecule has 0 aliphatic rings. The largest absolute Gasteiger partial charge is 0.309 e. The molecule has 0 spiro atoms. The SMILES string of the molecule is c1ccc(-n2c3ccccc3n3c4ccc5c6ccccc6n(-c6cccc([Si](c7ccccc7)(c7ccccc7)c7cccc(-n8c9ccccc9c9ccccc98)c7)c6)c5c4nc23)cc1. The van der Waals surface area contributed by atoms with Gasteiger partial charge in [0.2, 0.25) is 5.78 Å². The molecule has 0 unspecified atom stereocenters. The van der Waals surface area contributed by atoms with E-state index < -0.39 is 8.07 Å². The van der Waals surface area contributed by atoms with Crippen LogP contribution in [0.5, 0.6) is 0 Å². The molecular formula is C61H41N5Si. The molecule has 14 rings (SSSR count). The van der Waals surface area contributed by atoms with Crippen LogP contribution in [0.15, 0.2) is 249 Å². The summed E-state index contributed by atoms with van der Waals surface area (Å²) in [5.74, 6) is 0.892. The van der Waals surface area contributed by atoms with Crippen molar-refractivity contribution in [3.63, 3.8) is 0 Å². The van der Waals surface area contributed by atoms with Crippen LogP contribution in [-0.4, -0.2) is 31.2 Å². The summed E-state index contributed by atoms with van der Waals surface area (Å²) < 4.78 is 9.55. The van der Waals surface area contributed by atoms with Crippen molar-refractivity contribution in [3.8, 4) is 17.1 Å². The third-order valence-electron chi connectivity index (χ3n) is 14.1. The van der Waals surface area contributed by atoms with Crippen molar-refractivity contribution in [1.29, 1.82) is 0 Å². The van der Waals surface area contributed by atoms with Gasteiger partial charge in [-0.3, -0.25) is 8.97 Å². The average molecular weight is 872 g/mol. The van der Waals surface area contributed by atoms with Crippen LogP contribution in [0.1, 0.15) is 0 Å². The molecule has 0 amide bonds. The zero-order valence-electron chi connectivity index (χ0n) is 36.4. The number of para-hydroxylation sites is 6. The van der Waals surface area contributed by atoms with E-state index in [-0.39, 0.29) is 0 Å². The maximum absolute atomic E-state index is 5.64. The normalized spacial score (nSPS) is 12.2. The van der Waals surface area contributed by atoms with E-state index in [1.54, 1.807) is 0 Å². The minimum absolute atomic E-state index is 0.892. The number of benzene rings is 10. The van der Waals surface area contributed by atoms with Crippen LogP contribution >= 0.6 is 0 Å². The highest BCUT2D eigenvalue weighted by Crippen LogP contribution is 2.39. The van der Waals surface area contributed by atoms with Crippen molar-refractivity contribution in [3.05, 3.63) is 249 Å². The summed E-state index contributed by atoms with van der Waals surface area (Å²) in [6.45, 7) is 0. The van der Waals surface area contributed by atoms with E-state index in [0.717, 1.165) is 55.9 Å². The molecule has 0 saturated heterocycles. The molecule has 0 aliphatic carbocycles. The molecule has 0 saturated carbocycles. The Bertz CT molecular complexity index is 4120. The summed E-state index contributed by atoms with van der Waals surface area (Å²) in [5, 5.41) is 10.2. The lowest BCUT2D eigenvalue weighted by molar-refractivity contribution is 1.11. The monoisotopic (exact) mass is 871 g/mol. The molecule has 6 heteroatoms. The molecule has 0 N–H and O–H groups in total. The van der Waals surface area contributed by atoms with Gasteiger partial charge >= 0.3 is 0 Å². The minimum atomic E-state index is -3.05. The maximum atomic E-state index is 5.64. The van der Waals surface area contributed by atoms with Crippen molar-refractivity contribution in [2.45, 2.75) is 0 Å². The van der Waals surface area contributed by atoms with Gasteiger partial charge in [-0.25, -0.2) is 4.98 Å². The summed E-state index contributed by atoms with van der Waals surface area (Å²) in [7, 11) is -3.05. The van der Waals surface area contributed by atoms with Crippen molar-refractivity contribution in [1.82, 2.24) is 23.1 Å². The van der Waals surface area contributed by atoms with E-state index in [1.165, 1.54) is 53.3 Å². The van der Waals surface area contributed by atoms with Gasteiger partial charge in [-0.1, -0.05) is 170 Å². The number of fused-ring (bicyclic) bond motifs is 12. The Hall–Kier alpha value is -8.71. The van der Waals surface area contributed by atoms with Gasteiger partial charge in [-0.05, 0) is 99.6 Å². The van der Waals surface area contributed by atoms with E-state index in [9.17, 15) is 0 Å². The number of hydrogen-bond acceptors (Lipinski definition) is 1. The first kappa shape index (κ1) is 37.6. The second-order valence-corrected chi connectivity index (χ2v) is 21.4.